The van der Waals surface area contributed by atoms with Gasteiger partial charge >= 0.3 is 5.97 Å². The van der Waals surface area contributed by atoms with Gasteiger partial charge in [0, 0.05) is 11.6 Å². The van der Waals surface area contributed by atoms with Crippen LogP contribution >= 0.6 is 11.6 Å². The Bertz CT molecular complexity index is 1220. The second-order valence-corrected chi connectivity index (χ2v) is 7.96. The van der Waals surface area contributed by atoms with E-state index in [0.717, 1.165) is 4.90 Å². The molecule has 3 amide bonds. The van der Waals surface area contributed by atoms with Crippen LogP contribution in [0, 0.1) is 0 Å². The number of rotatable bonds is 7. The molecule has 3 aromatic rings. The van der Waals surface area contributed by atoms with Crippen LogP contribution in [0.3, 0.4) is 0 Å². The summed E-state index contributed by atoms with van der Waals surface area (Å²) in [5.74, 6) is -2.00. The van der Waals surface area contributed by atoms with E-state index in [1.165, 1.54) is 41.5 Å². The van der Waals surface area contributed by atoms with Crippen molar-refractivity contribution in [2.24, 2.45) is 0 Å². The molecular formula is C25H21ClN2O6. The van der Waals surface area contributed by atoms with E-state index in [1.54, 1.807) is 37.3 Å². The van der Waals surface area contributed by atoms with Crippen LogP contribution in [-0.2, 0) is 20.9 Å². The van der Waals surface area contributed by atoms with Crippen molar-refractivity contribution in [1.29, 1.82) is 0 Å². The van der Waals surface area contributed by atoms with Crippen molar-refractivity contribution in [2.45, 2.75) is 25.9 Å². The van der Waals surface area contributed by atoms with E-state index in [1.807, 2.05) is 0 Å². The van der Waals surface area contributed by atoms with Gasteiger partial charge in [-0.1, -0.05) is 29.8 Å². The van der Waals surface area contributed by atoms with Gasteiger partial charge in [-0.2, -0.15) is 0 Å². The first kappa shape index (κ1) is 23.3. The molecule has 8 nitrogen and oxygen atoms in total. The molecule has 1 fully saturated rings. The molecule has 0 bridgehead atoms. The normalized spacial score (nSPS) is 15.5. The van der Waals surface area contributed by atoms with Crippen molar-refractivity contribution in [3.8, 4) is 0 Å². The van der Waals surface area contributed by atoms with Crippen molar-refractivity contribution in [3.63, 3.8) is 0 Å². The fraction of sp³-hybridized carbons (Fsp3) is 0.200. The fourth-order valence-corrected chi connectivity index (χ4v) is 3.96. The number of esters is 1. The molecule has 4 rings (SSSR count). The highest BCUT2D eigenvalue weighted by Gasteiger charge is 2.45. The lowest BCUT2D eigenvalue weighted by Crippen LogP contribution is -2.45. The Morgan fingerprint density at radius 1 is 1.09 bits per heavy atom. The molecule has 34 heavy (non-hydrogen) atoms. The standard InChI is InChI=1S/C25H21ClN2O6/c1-2-33-25(32)16-9-11-18(12-10-16)28-22(29)14-20(23(28)30)27(24(31)21-8-5-13-34-21)15-17-6-3-4-7-19(17)26/h3-13,20H,2,14-15H2,1H3. The number of ether oxygens (including phenoxy) is 1. The van der Waals surface area contributed by atoms with E-state index in [9.17, 15) is 19.2 Å². The molecule has 1 aromatic heterocycles. The lowest BCUT2D eigenvalue weighted by atomic mass is 10.1. The number of nitrogens with zero attached hydrogens (tertiary/aromatic N) is 2. The summed E-state index contributed by atoms with van der Waals surface area (Å²) in [6.07, 6.45) is 1.16. The van der Waals surface area contributed by atoms with Crippen molar-refractivity contribution in [2.75, 3.05) is 11.5 Å². The second kappa shape index (κ2) is 9.93. The number of benzene rings is 2. The number of hydrogen-bond donors (Lipinski definition) is 0. The minimum absolute atomic E-state index is 0.0124. The van der Waals surface area contributed by atoms with Crippen LogP contribution in [0.5, 0.6) is 0 Å². The molecule has 1 saturated heterocycles. The van der Waals surface area contributed by atoms with E-state index in [0.29, 0.717) is 21.8 Å². The SMILES string of the molecule is CCOC(=O)c1ccc(N2C(=O)CC(N(Cc3ccccc3Cl)C(=O)c3ccco3)C2=O)cc1. The largest absolute Gasteiger partial charge is 0.462 e. The van der Waals surface area contributed by atoms with Crippen molar-refractivity contribution in [3.05, 3.63) is 88.8 Å². The first-order valence-corrected chi connectivity index (χ1v) is 11.0. The summed E-state index contributed by atoms with van der Waals surface area (Å²) in [6.45, 7) is 1.95. The third-order valence-electron chi connectivity index (χ3n) is 5.43. The van der Waals surface area contributed by atoms with Crippen molar-refractivity contribution in [1.82, 2.24) is 4.90 Å². The Labute approximate surface area is 200 Å². The van der Waals surface area contributed by atoms with Crippen molar-refractivity contribution >= 4 is 41.0 Å². The van der Waals surface area contributed by atoms with Gasteiger partial charge < -0.3 is 14.1 Å². The van der Waals surface area contributed by atoms with Crippen LogP contribution < -0.4 is 4.90 Å². The van der Waals surface area contributed by atoms with E-state index in [2.05, 4.69) is 0 Å². The van der Waals surface area contributed by atoms with E-state index < -0.39 is 29.7 Å². The first-order valence-electron chi connectivity index (χ1n) is 10.6. The second-order valence-electron chi connectivity index (χ2n) is 7.56. The molecule has 1 aliphatic heterocycles. The third-order valence-corrected chi connectivity index (χ3v) is 5.80. The summed E-state index contributed by atoms with van der Waals surface area (Å²) in [5.41, 5.74) is 1.23. The maximum atomic E-state index is 13.4. The van der Waals surface area contributed by atoms with Gasteiger partial charge in [-0.05, 0) is 55.0 Å². The maximum absolute atomic E-state index is 13.4. The molecule has 0 saturated carbocycles. The van der Waals surface area contributed by atoms with Crippen LogP contribution in [0.25, 0.3) is 0 Å². The fourth-order valence-electron chi connectivity index (χ4n) is 3.77. The lowest BCUT2D eigenvalue weighted by molar-refractivity contribution is -0.122. The quantitative estimate of drug-likeness (QED) is 0.373. The summed E-state index contributed by atoms with van der Waals surface area (Å²) >= 11 is 6.30. The zero-order chi connectivity index (χ0) is 24.2. The van der Waals surface area contributed by atoms with Crippen LogP contribution in [0.4, 0.5) is 5.69 Å². The molecular weight excluding hydrogens is 460 g/mol. The predicted octanol–water partition coefficient (Wildman–Crippen LogP) is 4.08. The summed E-state index contributed by atoms with van der Waals surface area (Å²) in [5, 5.41) is 0.433. The smallest absolute Gasteiger partial charge is 0.338 e. The Kier molecular flexibility index (Phi) is 6.79. The number of hydrogen-bond acceptors (Lipinski definition) is 6. The first-order chi connectivity index (χ1) is 16.4. The number of amides is 3. The molecule has 0 radical (unpaired) electrons. The van der Waals surface area contributed by atoms with Gasteiger partial charge in [0.25, 0.3) is 11.8 Å². The van der Waals surface area contributed by atoms with Crippen molar-refractivity contribution < 1.29 is 28.3 Å². The Morgan fingerprint density at radius 2 is 1.82 bits per heavy atom. The van der Waals surface area contributed by atoms with Gasteiger partial charge in [-0.3, -0.25) is 14.4 Å². The molecule has 9 heteroatoms. The molecule has 1 aliphatic rings. The number of halogens is 1. The third kappa shape index (κ3) is 4.58. The molecule has 0 N–H and O–H groups in total. The highest BCUT2D eigenvalue weighted by atomic mass is 35.5. The van der Waals surface area contributed by atoms with Gasteiger partial charge in [-0.25, -0.2) is 9.69 Å². The predicted molar refractivity (Wildman–Crippen MR) is 123 cm³/mol. The van der Waals surface area contributed by atoms with Gasteiger partial charge in [0.15, 0.2) is 5.76 Å². The molecule has 2 aromatic carbocycles. The summed E-state index contributed by atoms with van der Waals surface area (Å²) in [4.78, 5) is 53.7. The molecule has 1 atom stereocenters. The monoisotopic (exact) mass is 480 g/mol. The van der Waals surface area contributed by atoms with Crippen LogP contribution in [-0.4, -0.2) is 41.2 Å². The average Bonchev–Trinajstić information content (AvgIpc) is 3.47. The Balaban J connectivity index is 1.63. The summed E-state index contributed by atoms with van der Waals surface area (Å²) < 4.78 is 10.2. The van der Waals surface area contributed by atoms with Gasteiger partial charge in [0.1, 0.15) is 6.04 Å². The van der Waals surface area contributed by atoms with E-state index in [-0.39, 0.29) is 25.3 Å². The molecule has 0 spiro atoms. The number of carbonyl (C=O) groups excluding carboxylic acids is 4. The topological polar surface area (TPSA) is 97.1 Å². The number of imide groups is 1. The van der Waals surface area contributed by atoms with Gasteiger partial charge in [0.05, 0.1) is 30.5 Å². The van der Waals surface area contributed by atoms with E-state index >= 15 is 0 Å². The Hall–Kier alpha value is -3.91. The van der Waals surface area contributed by atoms with Gasteiger partial charge in [-0.15, -0.1) is 0 Å². The molecule has 2 heterocycles. The van der Waals surface area contributed by atoms with Crippen LogP contribution in [0.1, 0.15) is 39.8 Å². The molecule has 0 aliphatic carbocycles. The Morgan fingerprint density at radius 3 is 2.47 bits per heavy atom. The molecule has 174 valence electrons. The average molecular weight is 481 g/mol. The highest BCUT2D eigenvalue weighted by molar-refractivity contribution is 6.31. The zero-order valence-corrected chi connectivity index (χ0v) is 19.0. The lowest BCUT2D eigenvalue weighted by Gasteiger charge is -2.27. The number of furan rings is 1. The maximum Gasteiger partial charge on any atom is 0.338 e. The summed E-state index contributed by atoms with van der Waals surface area (Å²) in [6, 6.07) is 14.9. The number of carbonyl (C=O) groups is 4. The minimum Gasteiger partial charge on any atom is -0.462 e. The zero-order valence-electron chi connectivity index (χ0n) is 18.3. The minimum atomic E-state index is -1.05. The highest BCUT2D eigenvalue weighted by Crippen LogP contribution is 2.29. The van der Waals surface area contributed by atoms with Crippen LogP contribution in [0.2, 0.25) is 5.02 Å². The van der Waals surface area contributed by atoms with E-state index in [4.69, 9.17) is 20.8 Å². The molecule has 1 unspecified atom stereocenters. The number of anilines is 1. The van der Waals surface area contributed by atoms with Crippen LogP contribution in [0.15, 0.2) is 71.3 Å². The van der Waals surface area contributed by atoms with Gasteiger partial charge in [0.2, 0.25) is 5.91 Å². The summed E-state index contributed by atoms with van der Waals surface area (Å²) in [7, 11) is 0.